The minimum absolute atomic E-state index is 0.112. The third kappa shape index (κ3) is 6.25. The van der Waals surface area contributed by atoms with E-state index in [1.54, 1.807) is 17.9 Å². The first-order valence-electron chi connectivity index (χ1n) is 9.48. The summed E-state index contributed by atoms with van der Waals surface area (Å²) in [7, 11) is 0. The fraction of sp³-hybridized carbons (Fsp3) is 0.364. The van der Waals surface area contributed by atoms with E-state index in [0.717, 1.165) is 17.5 Å². The van der Waals surface area contributed by atoms with E-state index < -0.39 is 6.04 Å². The maximum absolute atomic E-state index is 13.0. The number of amides is 2. The molecule has 0 saturated heterocycles. The van der Waals surface area contributed by atoms with Crippen LogP contribution in [0, 0.1) is 0 Å². The zero-order valence-corrected chi connectivity index (χ0v) is 17.8. The summed E-state index contributed by atoms with van der Waals surface area (Å²) in [5.74, 6) is -0.279. The van der Waals surface area contributed by atoms with E-state index in [4.69, 9.17) is 23.2 Å². The van der Waals surface area contributed by atoms with Gasteiger partial charge in [0.2, 0.25) is 11.8 Å². The van der Waals surface area contributed by atoms with Gasteiger partial charge in [0.15, 0.2) is 0 Å². The zero-order valence-electron chi connectivity index (χ0n) is 16.3. The summed E-state index contributed by atoms with van der Waals surface area (Å²) < 4.78 is 0. The summed E-state index contributed by atoms with van der Waals surface area (Å²) >= 11 is 12.5. The Labute approximate surface area is 176 Å². The predicted molar refractivity (Wildman–Crippen MR) is 115 cm³/mol. The van der Waals surface area contributed by atoms with Crippen molar-refractivity contribution < 1.29 is 9.59 Å². The van der Waals surface area contributed by atoms with Gasteiger partial charge >= 0.3 is 0 Å². The molecular formula is C22H26Cl2N2O2. The summed E-state index contributed by atoms with van der Waals surface area (Å²) in [6.07, 6.45) is 1.61. The number of halogens is 2. The molecule has 0 aromatic heterocycles. The Morgan fingerprint density at radius 1 is 1.00 bits per heavy atom. The first kappa shape index (κ1) is 22.3. The van der Waals surface area contributed by atoms with Crippen molar-refractivity contribution in [1.29, 1.82) is 0 Å². The van der Waals surface area contributed by atoms with Gasteiger partial charge in [0.1, 0.15) is 6.04 Å². The maximum atomic E-state index is 13.0. The van der Waals surface area contributed by atoms with Gasteiger partial charge < -0.3 is 10.2 Å². The Hall–Kier alpha value is -2.04. The normalized spacial score (nSPS) is 11.7. The monoisotopic (exact) mass is 420 g/mol. The van der Waals surface area contributed by atoms with Crippen LogP contribution in [-0.2, 0) is 22.6 Å². The van der Waals surface area contributed by atoms with Crippen LogP contribution in [0.4, 0.5) is 0 Å². The second-order valence-electron chi connectivity index (χ2n) is 6.67. The number of nitrogens with zero attached hydrogens (tertiary/aromatic N) is 1. The van der Waals surface area contributed by atoms with Crippen LogP contribution in [0.15, 0.2) is 48.5 Å². The van der Waals surface area contributed by atoms with E-state index in [0.29, 0.717) is 23.0 Å². The third-order valence-electron chi connectivity index (χ3n) is 4.58. The van der Waals surface area contributed by atoms with Crippen molar-refractivity contribution in [3.8, 4) is 0 Å². The molecule has 150 valence electrons. The lowest BCUT2D eigenvalue weighted by atomic mass is 10.1. The van der Waals surface area contributed by atoms with Crippen molar-refractivity contribution in [2.75, 3.05) is 6.54 Å². The molecule has 1 N–H and O–H groups in total. The van der Waals surface area contributed by atoms with E-state index in [1.807, 2.05) is 49.4 Å². The molecule has 0 aliphatic carbocycles. The summed E-state index contributed by atoms with van der Waals surface area (Å²) in [5, 5.41) is 4.08. The average Bonchev–Trinajstić information content (AvgIpc) is 2.70. The lowest BCUT2D eigenvalue weighted by Crippen LogP contribution is -2.47. The fourth-order valence-corrected chi connectivity index (χ4v) is 3.30. The molecule has 0 saturated carbocycles. The number of benzene rings is 2. The highest BCUT2D eigenvalue weighted by atomic mass is 35.5. The summed E-state index contributed by atoms with van der Waals surface area (Å²) in [4.78, 5) is 27.1. The molecule has 0 fully saturated rings. The second kappa shape index (κ2) is 11.1. The highest BCUT2D eigenvalue weighted by Gasteiger charge is 2.26. The van der Waals surface area contributed by atoms with Gasteiger partial charge in [-0.25, -0.2) is 0 Å². The number of carbonyl (C=O) groups excluding carboxylic acids is 2. The summed E-state index contributed by atoms with van der Waals surface area (Å²) in [6.45, 7) is 4.59. The van der Waals surface area contributed by atoms with E-state index in [2.05, 4.69) is 5.32 Å². The Morgan fingerprint density at radius 2 is 1.57 bits per heavy atom. The van der Waals surface area contributed by atoms with E-state index in [-0.39, 0.29) is 24.8 Å². The van der Waals surface area contributed by atoms with Gasteiger partial charge in [-0.1, -0.05) is 66.5 Å². The van der Waals surface area contributed by atoms with Crippen molar-refractivity contribution in [1.82, 2.24) is 10.2 Å². The molecule has 0 heterocycles. The highest BCUT2D eigenvalue weighted by molar-refractivity contribution is 6.31. The topological polar surface area (TPSA) is 49.4 Å². The molecule has 0 spiro atoms. The van der Waals surface area contributed by atoms with Crippen molar-refractivity contribution in [3.05, 3.63) is 69.7 Å². The molecule has 0 aliphatic heterocycles. The Bertz CT molecular complexity index is 811. The van der Waals surface area contributed by atoms with Crippen LogP contribution in [0.3, 0.4) is 0 Å². The molecule has 2 aromatic rings. The smallest absolute Gasteiger partial charge is 0.242 e. The highest BCUT2D eigenvalue weighted by Crippen LogP contribution is 2.21. The first-order chi connectivity index (χ1) is 13.4. The minimum atomic E-state index is -0.596. The molecule has 28 heavy (non-hydrogen) atoms. The standard InChI is InChI=1S/C22H26Cl2N2O2/c1-3-14-25-22(28)16(2)26(15-18-9-5-7-11-20(18)24)21(27)13-12-17-8-4-6-10-19(17)23/h4-11,16H,3,12-15H2,1-2H3,(H,25,28). The van der Waals surface area contributed by atoms with Gasteiger partial charge in [-0.05, 0) is 43.0 Å². The molecule has 2 aromatic carbocycles. The van der Waals surface area contributed by atoms with E-state index >= 15 is 0 Å². The Balaban J connectivity index is 2.16. The first-order valence-corrected chi connectivity index (χ1v) is 10.2. The fourth-order valence-electron chi connectivity index (χ4n) is 2.88. The van der Waals surface area contributed by atoms with Crippen LogP contribution in [0.2, 0.25) is 10.0 Å². The van der Waals surface area contributed by atoms with Gasteiger partial charge in [-0.15, -0.1) is 0 Å². The van der Waals surface area contributed by atoms with Crippen molar-refractivity contribution in [2.45, 2.75) is 45.7 Å². The van der Waals surface area contributed by atoms with Gasteiger partial charge in [0.05, 0.1) is 0 Å². The molecule has 2 rings (SSSR count). The van der Waals surface area contributed by atoms with Crippen LogP contribution < -0.4 is 5.32 Å². The van der Waals surface area contributed by atoms with Crippen LogP contribution in [-0.4, -0.2) is 29.3 Å². The molecule has 0 bridgehead atoms. The second-order valence-corrected chi connectivity index (χ2v) is 7.49. The van der Waals surface area contributed by atoms with Gasteiger partial charge in [-0.3, -0.25) is 9.59 Å². The third-order valence-corrected chi connectivity index (χ3v) is 5.32. The minimum Gasteiger partial charge on any atom is -0.354 e. The largest absolute Gasteiger partial charge is 0.354 e. The number of rotatable bonds is 9. The van der Waals surface area contributed by atoms with Crippen LogP contribution in [0.1, 0.15) is 37.8 Å². The number of hydrogen-bond donors (Lipinski definition) is 1. The maximum Gasteiger partial charge on any atom is 0.242 e. The Morgan fingerprint density at radius 3 is 2.14 bits per heavy atom. The van der Waals surface area contributed by atoms with Crippen LogP contribution >= 0.6 is 23.2 Å². The van der Waals surface area contributed by atoms with E-state index in [9.17, 15) is 9.59 Å². The van der Waals surface area contributed by atoms with Crippen molar-refractivity contribution in [3.63, 3.8) is 0 Å². The molecule has 0 radical (unpaired) electrons. The molecular weight excluding hydrogens is 395 g/mol. The van der Waals surface area contributed by atoms with Crippen molar-refractivity contribution in [2.24, 2.45) is 0 Å². The van der Waals surface area contributed by atoms with Crippen molar-refractivity contribution >= 4 is 35.0 Å². The SMILES string of the molecule is CCCNC(=O)C(C)N(Cc1ccccc1Cl)C(=O)CCc1ccccc1Cl. The lowest BCUT2D eigenvalue weighted by molar-refractivity contribution is -0.140. The molecule has 1 unspecified atom stereocenters. The molecule has 2 amide bonds. The predicted octanol–water partition coefficient (Wildman–Crippen LogP) is 4.87. The van der Waals surface area contributed by atoms with Gasteiger partial charge in [0, 0.05) is 29.6 Å². The molecule has 6 heteroatoms. The summed E-state index contributed by atoms with van der Waals surface area (Å²) in [5.41, 5.74) is 1.73. The Kier molecular flexibility index (Phi) is 8.81. The van der Waals surface area contributed by atoms with Gasteiger partial charge in [-0.2, -0.15) is 0 Å². The van der Waals surface area contributed by atoms with E-state index in [1.165, 1.54) is 0 Å². The number of carbonyl (C=O) groups is 2. The summed E-state index contributed by atoms with van der Waals surface area (Å²) in [6, 6.07) is 14.2. The zero-order chi connectivity index (χ0) is 20.5. The number of nitrogens with one attached hydrogen (secondary N) is 1. The molecule has 1 atom stereocenters. The number of hydrogen-bond acceptors (Lipinski definition) is 2. The van der Waals surface area contributed by atoms with Crippen LogP contribution in [0.25, 0.3) is 0 Å². The number of aryl methyl sites for hydroxylation is 1. The molecule has 0 aliphatic rings. The average molecular weight is 421 g/mol. The molecule has 4 nitrogen and oxygen atoms in total. The quantitative estimate of drug-likeness (QED) is 0.628. The lowest BCUT2D eigenvalue weighted by Gasteiger charge is -2.29. The van der Waals surface area contributed by atoms with Gasteiger partial charge in [0.25, 0.3) is 0 Å². The van der Waals surface area contributed by atoms with Crippen LogP contribution in [0.5, 0.6) is 0 Å².